The summed E-state index contributed by atoms with van der Waals surface area (Å²) in [6.45, 7) is 12.9. The number of rotatable bonds is 8. The van der Waals surface area contributed by atoms with E-state index in [4.69, 9.17) is 9.15 Å². The van der Waals surface area contributed by atoms with Gasteiger partial charge in [0, 0.05) is 30.4 Å². The quantitative estimate of drug-likeness (QED) is 0.426. The van der Waals surface area contributed by atoms with E-state index in [2.05, 4.69) is 49.4 Å². The highest BCUT2D eigenvalue weighted by Crippen LogP contribution is 2.37. The van der Waals surface area contributed by atoms with Crippen LogP contribution in [0.1, 0.15) is 68.9 Å². The first-order chi connectivity index (χ1) is 16.9. The van der Waals surface area contributed by atoms with Crippen LogP contribution in [0.3, 0.4) is 0 Å². The molecule has 0 radical (unpaired) electrons. The number of carbonyl (C=O) groups is 1. The number of hydrogen-bond donors (Lipinski definition) is 1. The van der Waals surface area contributed by atoms with Crippen LogP contribution in [-0.4, -0.2) is 33.6 Å². The smallest absolute Gasteiger partial charge is 0.271 e. The normalized spacial score (nSPS) is 24.4. The van der Waals surface area contributed by atoms with Gasteiger partial charge in [-0.1, -0.05) is 45.4 Å². The van der Waals surface area contributed by atoms with Gasteiger partial charge in [0.2, 0.25) is 0 Å². The first kappa shape index (κ1) is 23.6. The lowest BCUT2D eigenvalue weighted by molar-refractivity contribution is 0.0412. The SMILES string of the molecule is C=C(NC1CCCCC1C)C1(C)Cn2c(cc3occc32)C(=O)N1Cc1ccc(OCCC)cc1. The van der Waals surface area contributed by atoms with Gasteiger partial charge in [0.25, 0.3) is 5.91 Å². The van der Waals surface area contributed by atoms with E-state index >= 15 is 0 Å². The maximum absolute atomic E-state index is 13.9. The highest BCUT2D eigenvalue weighted by Gasteiger charge is 2.45. The molecule has 1 aliphatic carbocycles. The second kappa shape index (κ2) is 9.48. The number of amides is 1. The van der Waals surface area contributed by atoms with E-state index in [1.807, 2.05) is 29.2 Å². The number of hydrogen-bond acceptors (Lipinski definition) is 4. The minimum absolute atomic E-state index is 0.00361. The molecular formula is C29H37N3O3. The summed E-state index contributed by atoms with van der Waals surface area (Å²) in [7, 11) is 0. The van der Waals surface area contributed by atoms with Gasteiger partial charge in [-0.15, -0.1) is 0 Å². The number of benzene rings is 1. The summed E-state index contributed by atoms with van der Waals surface area (Å²) in [5.41, 5.74) is 3.74. The Bertz CT molecular complexity index is 1210. The predicted molar refractivity (Wildman–Crippen MR) is 138 cm³/mol. The Hall–Kier alpha value is -3.15. The molecule has 0 saturated heterocycles. The molecule has 0 spiro atoms. The lowest BCUT2D eigenvalue weighted by Gasteiger charge is -2.48. The molecule has 6 nitrogen and oxygen atoms in total. The summed E-state index contributed by atoms with van der Waals surface area (Å²) in [6.07, 6.45) is 7.55. The third-order valence-corrected chi connectivity index (χ3v) is 7.91. The fourth-order valence-electron chi connectivity index (χ4n) is 5.59. The lowest BCUT2D eigenvalue weighted by atomic mass is 9.84. The van der Waals surface area contributed by atoms with Crippen molar-refractivity contribution in [2.45, 2.75) is 77.5 Å². The van der Waals surface area contributed by atoms with Gasteiger partial charge in [-0.2, -0.15) is 0 Å². The Labute approximate surface area is 207 Å². The fourth-order valence-corrected chi connectivity index (χ4v) is 5.59. The van der Waals surface area contributed by atoms with Crippen molar-refractivity contribution in [3.8, 4) is 5.75 Å². The molecule has 1 fully saturated rings. The van der Waals surface area contributed by atoms with Crippen LogP contribution in [0.2, 0.25) is 0 Å². The molecule has 3 heterocycles. The standard InChI is InChI=1S/C29H37N3O3/c1-5-15-34-23-12-10-22(11-13-23)18-32-28(33)26-17-27-25(14-16-35-27)31(26)19-29(32,4)21(3)30-24-9-7-6-8-20(24)2/h10-14,16-17,20,24,30H,3,5-9,15,18-19H2,1-2,4H3. The number of ether oxygens (including phenoxy) is 1. The summed E-state index contributed by atoms with van der Waals surface area (Å²) in [5.74, 6) is 1.45. The van der Waals surface area contributed by atoms with E-state index < -0.39 is 5.54 Å². The Morgan fingerprint density at radius 3 is 2.74 bits per heavy atom. The molecule has 1 aliphatic heterocycles. The van der Waals surface area contributed by atoms with Gasteiger partial charge >= 0.3 is 0 Å². The summed E-state index contributed by atoms with van der Waals surface area (Å²) < 4.78 is 13.5. The average Bonchev–Trinajstić information content (AvgIpc) is 3.45. The van der Waals surface area contributed by atoms with Crippen LogP contribution >= 0.6 is 0 Å². The van der Waals surface area contributed by atoms with Crippen molar-refractivity contribution in [3.63, 3.8) is 0 Å². The highest BCUT2D eigenvalue weighted by molar-refractivity contribution is 5.99. The monoisotopic (exact) mass is 475 g/mol. The van der Waals surface area contributed by atoms with Crippen LogP contribution in [-0.2, 0) is 13.1 Å². The number of aromatic nitrogens is 1. The minimum Gasteiger partial charge on any atom is -0.494 e. The maximum Gasteiger partial charge on any atom is 0.271 e. The lowest BCUT2D eigenvalue weighted by Crippen LogP contribution is -2.60. The molecule has 0 bridgehead atoms. The van der Waals surface area contributed by atoms with Gasteiger partial charge in [-0.05, 0) is 49.8 Å². The summed E-state index contributed by atoms with van der Waals surface area (Å²) in [6, 6.07) is 12.3. The van der Waals surface area contributed by atoms with Gasteiger partial charge < -0.3 is 23.9 Å². The van der Waals surface area contributed by atoms with Crippen LogP contribution in [0, 0.1) is 5.92 Å². The molecule has 2 aromatic heterocycles. The van der Waals surface area contributed by atoms with E-state index in [1.165, 1.54) is 19.3 Å². The molecule has 1 aromatic carbocycles. The Morgan fingerprint density at radius 2 is 2.00 bits per heavy atom. The molecule has 3 aromatic rings. The van der Waals surface area contributed by atoms with E-state index in [1.54, 1.807) is 6.26 Å². The van der Waals surface area contributed by atoms with Gasteiger partial charge in [0.05, 0.1) is 30.5 Å². The first-order valence-electron chi connectivity index (χ1n) is 13.0. The van der Waals surface area contributed by atoms with Gasteiger partial charge in [0.1, 0.15) is 11.4 Å². The molecule has 5 rings (SSSR count). The van der Waals surface area contributed by atoms with Crippen molar-refractivity contribution < 1.29 is 13.9 Å². The molecule has 1 N–H and O–H groups in total. The summed E-state index contributed by atoms with van der Waals surface area (Å²) in [5, 5.41) is 3.77. The third kappa shape index (κ3) is 4.35. The van der Waals surface area contributed by atoms with Crippen molar-refractivity contribution in [1.82, 2.24) is 14.8 Å². The van der Waals surface area contributed by atoms with Crippen LogP contribution in [0.5, 0.6) is 5.75 Å². The number of furan rings is 1. The van der Waals surface area contributed by atoms with Crippen molar-refractivity contribution >= 4 is 17.0 Å². The first-order valence-corrected chi connectivity index (χ1v) is 13.0. The van der Waals surface area contributed by atoms with Crippen LogP contribution in [0.15, 0.2) is 59.4 Å². The minimum atomic E-state index is -0.595. The topological polar surface area (TPSA) is 59.6 Å². The van der Waals surface area contributed by atoms with E-state index in [0.717, 1.165) is 41.0 Å². The summed E-state index contributed by atoms with van der Waals surface area (Å²) in [4.78, 5) is 15.9. The molecule has 186 valence electrons. The van der Waals surface area contributed by atoms with Crippen molar-refractivity contribution in [2.24, 2.45) is 5.92 Å². The third-order valence-electron chi connectivity index (χ3n) is 7.91. The second-order valence-corrected chi connectivity index (χ2v) is 10.4. The van der Waals surface area contributed by atoms with Gasteiger partial charge in [-0.3, -0.25) is 4.79 Å². The zero-order chi connectivity index (χ0) is 24.6. The predicted octanol–water partition coefficient (Wildman–Crippen LogP) is 6.12. The number of nitrogens with one attached hydrogen (secondary N) is 1. The molecule has 1 amide bonds. The van der Waals surface area contributed by atoms with Crippen molar-refractivity contribution in [1.29, 1.82) is 0 Å². The molecule has 6 heteroatoms. The second-order valence-electron chi connectivity index (χ2n) is 10.4. The molecule has 3 atom stereocenters. The Balaban J connectivity index is 1.47. The molecule has 2 aliphatic rings. The molecular weight excluding hydrogens is 438 g/mol. The highest BCUT2D eigenvalue weighted by atomic mass is 16.5. The zero-order valence-corrected chi connectivity index (χ0v) is 21.2. The largest absolute Gasteiger partial charge is 0.494 e. The number of fused-ring (bicyclic) bond motifs is 3. The average molecular weight is 476 g/mol. The van der Waals surface area contributed by atoms with Gasteiger partial charge in [-0.25, -0.2) is 0 Å². The number of nitrogens with zero attached hydrogens (tertiary/aromatic N) is 2. The van der Waals surface area contributed by atoms with Crippen molar-refractivity contribution in [2.75, 3.05) is 6.61 Å². The van der Waals surface area contributed by atoms with Crippen LogP contribution in [0.4, 0.5) is 0 Å². The Morgan fingerprint density at radius 1 is 1.23 bits per heavy atom. The Kier molecular flexibility index (Phi) is 6.39. The van der Waals surface area contributed by atoms with E-state index in [-0.39, 0.29) is 5.91 Å². The van der Waals surface area contributed by atoms with E-state index in [0.29, 0.717) is 37.4 Å². The number of carbonyl (C=O) groups excluding carboxylic acids is 1. The molecule has 1 saturated carbocycles. The van der Waals surface area contributed by atoms with E-state index in [9.17, 15) is 4.79 Å². The van der Waals surface area contributed by atoms with Crippen LogP contribution < -0.4 is 10.1 Å². The van der Waals surface area contributed by atoms with Crippen molar-refractivity contribution in [3.05, 3.63) is 66.2 Å². The molecule has 3 unspecified atom stereocenters. The fraction of sp³-hybridized carbons (Fsp3) is 0.483. The zero-order valence-electron chi connectivity index (χ0n) is 21.2. The summed E-state index contributed by atoms with van der Waals surface area (Å²) >= 11 is 0. The van der Waals surface area contributed by atoms with Gasteiger partial charge in [0.15, 0.2) is 5.58 Å². The molecule has 35 heavy (non-hydrogen) atoms. The van der Waals surface area contributed by atoms with Crippen LogP contribution in [0.25, 0.3) is 11.1 Å². The maximum atomic E-state index is 13.9.